The Bertz CT molecular complexity index is 507. The van der Waals surface area contributed by atoms with Crippen LogP contribution in [0.5, 0.6) is 0 Å². The van der Waals surface area contributed by atoms with E-state index >= 15 is 0 Å². The van der Waals surface area contributed by atoms with Crippen LogP contribution in [0.1, 0.15) is 24.9 Å². The Kier molecular flexibility index (Phi) is 4.28. The monoisotopic (exact) mass is 244 g/mol. The smallest absolute Gasteiger partial charge is 0.0705 e. The first kappa shape index (κ1) is 13.0. The van der Waals surface area contributed by atoms with Crippen molar-refractivity contribution in [2.24, 2.45) is 11.7 Å². The van der Waals surface area contributed by atoms with Crippen LogP contribution in [0.25, 0.3) is 10.9 Å². The van der Waals surface area contributed by atoms with Crippen molar-refractivity contribution in [1.29, 1.82) is 0 Å². The van der Waals surface area contributed by atoms with Crippen molar-refractivity contribution < 1.29 is 4.74 Å². The summed E-state index contributed by atoms with van der Waals surface area (Å²) in [6, 6.07) is 10.2. The molecule has 96 valence electrons. The van der Waals surface area contributed by atoms with Gasteiger partial charge in [0.2, 0.25) is 0 Å². The van der Waals surface area contributed by atoms with E-state index in [4.69, 9.17) is 10.5 Å². The third kappa shape index (κ3) is 2.68. The van der Waals surface area contributed by atoms with Crippen LogP contribution in [0, 0.1) is 5.92 Å². The molecular weight excluding hydrogens is 224 g/mol. The third-order valence-corrected chi connectivity index (χ3v) is 3.43. The van der Waals surface area contributed by atoms with E-state index < -0.39 is 0 Å². The predicted octanol–water partition coefficient (Wildman–Crippen LogP) is 2.91. The molecule has 0 aliphatic rings. The maximum Gasteiger partial charge on any atom is 0.0705 e. The number of hydrogen-bond acceptors (Lipinski definition) is 3. The number of aromatic nitrogens is 1. The van der Waals surface area contributed by atoms with Gasteiger partial charge in [0, 0.05) is 31.3 Å². The molecule has 18 heavy (non-hydrogen) atoms. The fourth-order valence-electron chi connectivity index (χ4n) is 2.21. The molecule has 1 aromatic carbocycles. The highest BCUT2D eigenvalue weighted by atomic mass is 16.5. The molecule has 2 N–H and O–H groups in total. The summed E-state index contributed by atoms with van der Waals surface area (Å²) in [6.07, 6.45) is 2.78. The summed E-state index contributed by atoms with van der Waals surface area (Å²) in [4.78, 5) is 4.37. The predicted molar refractivity (Wildman–Crippen MR) is 74.3 cm³/mol. The average Bonchev–Trinajstić information content (AvgIpc) is 2.43. The van der Waals surface area contributed by atoms with E-state index in [0.717, 1.165) is 23.9 Å². The molecule has 0 saturated carbocycles. The minimum absolute atomic E-state index is 0.0213. The van der Waals surface area contributed by atoms with Gasteiger partial charge in [-0.2, -0.15) is 0 Å². The molecule has 1 aromatic heterocycles. The zero-order valence-electron chi connectivity index (χ0n) is 11.0. The van der Waals surface area contributed by atoms with Gasteiger partial charge in [0.1, 0.15) is 0 Å². The second kappa shape index (κ2) is 5.94. The summed E-state index contributed by atoms with van der Waals surface area (Å²) < 4.78 is 5.12. The molecule has 2 unspecified atom stereocenters. The molecular formula is C15H20N2O. The van der Waals surface area contributed by atoms with Crippen molar-refractivity contribution in [3.63, 3.8) is 0 Å². The van der Waals surface area contributed by atoms with E-state index in [0.29, 0.717) is 5.92 Å². The molecule has 0 aliphatic heterocycles. The normalized spacial score (nSPS) is 14.6. The molecule has 2 atom stereocenters. The molecule has 0 spiro atoms. The lowest BCUT2D eigenvalue weighted by atomic mass is 9.90. The van der Waals surface area contributed by atoms with Crippen LogP contribution in [-0.4, -0.2) is 18.7 Å². The number of ether oxygens (including phenoxy) is 1. The van der Waals surface area contributed by atoms with Crippen LogP contribution in [0.15, 0.2) is 36.5 Å². The Hall–Kier alpha value is -1.45. The van der Waals surface area contributed by atoms with Crippen LogP contribution >= 0.6 is 0 Å². The number of nitrogens with zero attached hydrogens (tertiary/aromatic N) is 1. The van der Waals surface area contributed by atoms with Gasteiger partial charge in [-0.05, 0) is 30.0 Å². The summed E-state index contributed by atoms with van der Waals surface area (Å²) in [6.45, 7) is 2.91. The summed E-state index contributed by atoms with van der Waals surface area (Å²) >= 11 is 0. The molecule has 0 saturated heterocycles. The second-order valence-corrected chi connectivity index (χ2v) is 4.70. The lowest BCUT2D eigenvalue weighted by molar-refractivity contribution is 0.174. The molecule has 0 fully saturated rings. The fourth-order valence-corrected chi connectivity index (χ4v) is 2.21. The minimum atomic E-state index is 0.0213. The van der Waals surface area contributed by atoms with Gasteiger partial charge in [-0.15, -0.1) is 0 Å². The molecule has 0 radical (unpaired) electrons. The highest BCUT2D eigenvalue weighted by molar-refractivity contribution is 5.82. The SMILES string of the molecule is COCCC(C)C(N)c1cccc2ncccc12. The first-order valence-corrected chi connectivity index (χ1v) is 6.32. The Morgan fingerprint density at radius 2 is 2.11 bits per heavy atom. The topological polar surface area (TPSA) is 48.1 Å². The number of benzene rings is 1. The lowest BCUT2D eigenvalue weighted by Crippen LogP contribution is -2.20. The Morgan fingerprint density at radius 1 is 1.28 bits per heavy atom. The second-order valence-electron chi connectivity index (χ2n) is 4.70. The first-order chi connectivity index (χ1) is 8.74. The van der Waals surface area contributed by atoms with Crippen molar-refractivity contribution in [2.75, 3.05) is 13.7 Å². The molecule has 3 heteroatoms. The molecule has 2 rings (SSSR count). The highest BCUT2D eigenvalue weighted by Gasteiger charge is 2.16. The van der Waals surface area contributed by atoms with Crippen LogP contribution in [0.2, 0.25) is 0 Å². The van der Waals surface area contributed by atoms with Gasteiger partial charge in [0.25, 0.3) is 0 Å². The van der Waals surface area contributed by atoms with E-state index in [-0.39, 0.29) is 6.04 Å². The summed E-state index contributed by atoms with van der Waals surface area (Å²) in [5.74, 6) is 0.385. The van der Waals surface area contributed by atoms with E-state index in [1.54, 1.807) is 7.11 Å². The standard InChI is InChI=1S/C15H20N2O/c1-11(8-10-18-2)15(16)13-5-3-7-14-12(13)6-4-9-17-14/h3-7,9,11,15H,8,10,16H2,1-2H3. The minimum Gasteiger partial charge on any atom is -0.385 e. The van der Waals surface area contributed by atoms with Gasteiger partial charge in [0.15, 0.2) is 0 Å². The van der Waals surface area contributed by atoms with E-state index in [1.165, 1.54) is 5.56 Å². The molecule has 1 heterocycles. The number of pyridine rings is 1. The summed E-state index contributed by atoms with van der Waals surface area (Å²) in [5, 5.41) is 1.15. The van der Waals surface area contributed by atoms with E-state index in [9.17, 15) is 0 Å². The van der Waals surface area contributed by atoms with Gasteiger partial charge in [-0.25, -0.2) is 0 Å². The molecule has 0 amide bonds. The number of fused-ring (bicyclic) bond motifs is 1. The highest BCUT2D eigenvalue weighted by Crippen LogP contribution is 2.27. The van der Waals surface area contributed by atoms with E-state index in [1.807, 2.05) is 24.4 Å². The van der Waals surface area contributed by atoms with Gasteiger partial charge in [0.05, 0.1) is 5.52 Å². The van der Waals surface area contributed by atoms with Crippen LogP contribution < -0.4 is 5.73 Å². The number of hydrogen-bond donors (Lipinski definition) is 1. The maximum absolute atomic E-state index is 6.36. The lowest BCUT2D eigenvalue weighted by Gasteiger charge is -2.21. The van der Waals surface area contributed by atoms with Crippen LogP contribution in [-0.2, 0) is 4.74 Å². The largest absolute Gasteiger partial charge is 0.385 e. The van der Waals surface area contributed by atoms with Gasteiger partial charge in [-0.1, -0.05) is 25.1 Å². The van der Waals surface area contributed by atoms with Gasteiger partial charge >= 0.3 is 0 Å². The molecule has 0 aliphatic carbocycles. The first-order valence-electron chi connectivity index (χ1n) is 6.32. The van der Waals surface area contributed by atoms with Crippen molar-refractivity contribution in [3.8, 4) is 0 Å². The zero-order chi connectivity index (χ0) is 13.0. The Balaban J connectivity index is 2.29. The average molecular weight is 244 g/mol. The maximum atomic E-state index is 6.36. The Morgan fingerprint density at radius 3 is 2.89 bits per heavy atom. The number of nitrogens with two attached hydrogens (primary N) is 1. The van der Waals surface area contributed by atoms with Gasteiger partial charge < -0.3 is 10.5 Å². The Labute approximate surface area is 108 Å². The molecule has 3 nitrogen and oxygen atoms in total. The van der Waals surface area contributed by atoms with Crippen molar-refractivity contribution >= 4 is 10.9 Å². The quantitative estimate of drug-likeness (QED) is 0.879. The van der Waals surface area contributed by atoms with E-state index in [2.05, 4.69) is 24.0 Å². The zero-order valence-corrected chi connectivity index (χ0v) is 11.0. The summed E-state index contributed by atoms with van der Waals surface area (Å²) in [5.41, 5.74) is 8.54. The van der Waals surface area contributed by atoms with Gasteiger partial charge in [-0.3, -0.25) is 4.98 Å². The van der Waals surface area contributed by atoms with Crippen molar-refractivity contribution in [3.05, 3.63) is 42.1 Å². The van der Waals surface area contributed by atoms with Crippen molar-refractivity contribution in [1.82, 2.24) is 4.98 Å². The molecule has 2 aromatic rings. The number of methoxy groups -OCH3 is 1. The third-order valence-electron chi connectivity index (χ3n) is 3.43. The van der Waals surface area contributed by atoms with Crippen LogP contribution in [0.4, 0.5) is 0 Å². The number of rotatable bonds is 5. The van der Waals surface area contributed by atoms with Crippen LogP contribution in [0.3, 0.4) is 0 Å². The summed E-state index contributed by atoms with van der Waals surface area (Å²) in [7, 11) is 1.72. The van der Waals surface area contributed by atoms with Crippen molar-refractivity contribution in [2.45, 2.75) is 19.4 Å². The molecule has 0 bridgehead atoms. The fraction of sp³-hybridized carbons (Fsp3) is 0.400.